The highest BCUT2D eigenvalue weighted by atomic mass is 79.9. The molecular formula is C21H23BrN2O2. The monoisotopic (exact) mass is 414 g/mol. The van der Waals surface area contributed by atoms with E-state index >= 15 is 0 Å². The molecule has 2 aromatic carbocycles. The third kappa shape index (κ3) is 4.52. The van der Waals surface area contributed by atoms with Crippen LogP contribution in [0.15, 0.2) is 46.9 Å². The number of amides is 2. The highest BCUT2D eigenvalue weighted by molar-refractivity contribution is 9.10. The first-order valence-corrected chi connectivity index (χ1v) is 9.65. The van der Waals surface area contributed by atoms with Crippen LogP contribution in [0.2, 0.25) is 0 Å². The first-order valence-electron chi connectivity index (χ1n) is 8.86. The Hall–Kier alpha value is -2.14. The number of anilines is 1. The summed E-state index contributed by atoms with van der Waals surface area (Å²) in [5.74, 6) is -0.199. The van der Waals surface area contributed by atoms with E-state index in [-0.39, 0.29) is 17.7 Å². The number of benzene rings is 2. The maximum Gasteiger partial charge on any atom is 0.253 e. The van der Waals surface area contributed by atoms with Gasteiger partial charge in [-0.3, -0.25) is 9.59 Å². The molecule has 1 aliphatic heterocycles. The van der Waals surface area contributed by atoms with E-state index in [0.29, 0.717) is 18.7 Å². The summed E-state index contributed by atoms with van der Waals surface area (Å²) in [6.45, 7) is 5.15. The Morgan fingerprint density at radius 2 is 1.85 bits per heavy atom. The molecule has 0 bridgehead atoms. The van der Waals surface area contributed by atoms with Gasteiger partial charge in [-0.25, -0.2) is 0 Å². The van der Waals surface area contributed by atoms with E-state index in [0.717, 1.165) is 34.1 Å². The van der Waals surface area contributed by atoms with Gasteiger partial charge in [-0.05, 0) is 57.0 Å². The molecule has 1 N–H and O–H groups in total. The first-order chi connectivity index (χ1) is 12.4. The Morgan fingerprint density at radius 1 is 1.12 bits per heavy atom. The standard InChI is InChI=1S/C21H23BrN2O2/c1-14-9-15(2)11-17(10-14)21(26)24-8-4-5-16(13-24)20(25)23-19-7-3-6-18(22)12-19/h3,6-7,9-12,16H,4-5,8,13H2,1-2H3,(H,23,25). The lowest BCUT2D eigenvalue weighted by Crippen LogP contribution is -2.43. The molecule has 2 amide bonds. The lowest BCUT2D eigenvalue weighted by Gasteiger charge is -2.32. The van der Waals surface area contributed by atoms with Crippen LogP contribution in [0.25, 0.3) is 0 Å². The fourth-order valence-corrected chi connectivity index (χ4v) is 3.87. The first kappa shape index (κ1) is 18.6. The number of hydrogen-bond acceptors (Lipinski definition) is 2. The lowest BCUT2D eigenvalue weighted by atomic mass is 9.96. The van der Waals surface area contributed by atoms with E-state index in [4.69, 9.17) is 0 Å². The third-order valence-electron chi connectivity index (χ3n) is 4.64. The molecule has 1 saturated heterocycles. The van der Waals surface area contributed by atoms with Gasteiger partial charge in [0.2, 0.25) is 5.91 Å². The maximum absolute atomic E-state index is 12.9. The van der Waals surface area contributed by atoms with Crippen LogP contribution in [0.1, 0.15) is 34.3 Å². The van der Waals surface area contributed by atoms with Crippen LogP contribution in [-0.2, 0) is 4.79 Å². The van der Waals surface area contributed by atoms with Crippen molar-refractivity contribution in [1.29, 1.82) is 0 Å². The van der Waals surface area contributed by atoms with Gasteiger partial charge in [0.15, 0.2) is 0 Å². The summed E-state index contributed by atoms with van der Waals surface area (Å²) in [6.07, 6.45) is 1.64. The fraction of sp³-hybridized carbons (Fsp3) is 0.333. The molecule has 1 fully saturated rings. The van der Waals surface area contributed by atoms with Crippen LogP contribution in [0.5, 0.6) is 0 Å². The second-order valence-corrected chi connectivity index (χ2v) is 7.88. The number of nitrogens with one attached hydrogen (secondary N) is 1. The van der Waals surface area contributed by atoms with E-state index < -0.39 is 0 Å². The average molecular weight is 415 g/mol. The molecule has 1 heterocycles. The molecule has 5 heteroatoms. The number of aryl methyl sites for hydroxylation is 2. The van der Waals surface area contributed by atoms with E-state index in [1.165, 1.54) is 0 Å². The Bertz CT molecular complexity index is 814. The zero-order chi connectivity index (χ0) is 18.7. The van der Waals surface area contributed by atoms with Crippen molar-refractivity contribution in [1.82, 2.24) is 4.90 Å². The van der Waals surface area contributed by atoms with Gasteiger partial charge in [-0.2, -0.15) is 0 Å². The molecule has 0 aliphatic carbocycles. The summed E-state index contributed by atoms with van der Waals surface area (Å²) in [5, 5.41) is 2.96. The number of carbonyl (C=O) groups excluding carboxylic acids is 2. The van der Waals surface area contributed by atoms with Crippen molar-refractivity contribution in [3.8, 4) is 0 Å². The predicted molar refractivity (Wildman–Crippen MR) is 107 cm³/mol. The summed E-state index contributed by atoms with van der Waals surface area (Å²) < 4.78 is 0.922. The van der Waals surface area contributed by atoms with Gasteiger partial charge in [0.05, 0.1) is 5.92 Å². The number of hydrogen-bond donors (Lipinski definition) is 1. The number of piperidine rings is 1. The quantitative estimate of drug-likeness (QED) is 0.799. The second kappa shape index (κ2) is 8.04. The SMILES string of the molecule is Cc1cc(C)cc(C(=O)N2CCCC(C(=O)Nc3cccc(Br)c3)C2)c1. The van der Waals surface area contributed by atoms with Gasteiger partial charge in [0, 0.05) is 28.8 Å². The smallest absolute Gasteiger partial charge is 0.253 e. The number of nitrogens with zero attached hydrogens (tertiary/aromatic N) is 1. The summed E-state index contributed by atoms with van der Waals surface area (Å²) in [4.78, 5) is 27.3. The number of rotatable bonds is 3. The largest absolute Gasteiger partial charge is 0.338 e. The minimum atomic E-state index is -0.183. The summed E-state index contributed by atoms with van der Waals surface area (Å²) in [6, 6.07) is 13.4. The Morgan fingerprint density at radius 3 is 2.54 bits per heavy atom. The van der Waals surface area contributed by atoms with Gasteiger partial charge in [-0.15, -0.1) is 0 Å². The van der Waals surface area contributed by atoms with Crippen LogP contribution in [0.4, 0.5) is 5.69 Å². The van der Waals surface area contributed by atoms with Crippen molar-refractivity contribution in [2.75, 3.05) is 18.4 Å². The molecule has 1 unspecified atom stereocenters. The Balaban J connectivity index is 1.68. The third-order valence-corrected chi connectivity index (χ3v) is 5.13. The van der Waals surface area contributed by atoms with E-state index in [9.17, 15) is 9.59 Å². The van der Waals surface area contributed by atoms with Crippen LogP contribution in [0.3, 0.4) is 0 Å². The molecule has 0 aromatic heterocycles. The minimum absolute atomic E-state index is 0.0109. The normalized spacial score (nSPS) is 17.0. The highest BCUT2D eigenvalue weighted by Gasteiger charge is 2.29. The molecule has 3 rings (SSSR count). The highest BCUT2D eigenvalue weighted by Crippen LogP contribution is 2.22. The van der Waals surface area contributed by atoms with Crippen molar-refractivity contribution in [2.45, 2.75) is 26.7 Å². The Kier molecular flexibility index (Phi) is 5.77. The van der Waals surface area contributed by atoms with Gasteiger partial charge < -0.3 is 10.2 Å². The summed E-state index contributed by atoms with van der Waals surface area (Å²) in [7, 11) is 0. The zero-order valence-electron chi connectivity index (χ0n) is 15.1. The Labute approximate surface area is 162 Å². The molecule has 1 aliphatic rings. The van der Waals surface area contributed by atoms with Crippen LogP contribution in [-0.4, -0.2) is 29.8 Å². The number of halogens is 1. The number of carbonyl (C=O) groups is 2. The van der Waals surface area contributed by atoms with Crippen molar-refractivity contribution < 1.29 is 9.59 Å². The van der Waals surface area contributed by atoms with Gasteiger partial charge in [0.1, 0.15) is 0 Å². The van der Waals surface area contributed by atoms with Crippen molar-refractivity contribution in [2.24, 2.45) is 5.92 Å². The second-order valence-electron chi connectivity index (χ2n) is 6.97. The maximum atomic E-state index is 12.9. The lowest BCUT2D eigenvalue weighted by molar-refractivity contribution is -0.121. The topological polar surface area (TPSA) is 49.4 Å². The van der Waals surface area contributed by atoms with E-state index in [2.05, 4.69) is 27.3 Å². The van der Waals surface area contributed by atoms with Crippen molar-refractivity contribution >= 4 is 33.4 Å². The average Bonchev–Trinajstić information content (AvgIpc) is 2.60. The molecule has 136 valence electrons. The molecule has 0 saturated carbocycles. The zero-order valence-corrected chi connectivity index (χ0v) is 16.7. The summed E-state index contributed by atoms with van der Waals surface area (Å²) >= 11 is 3.41. The van der Waals surface area contributed by atoms with E-state index in [1.807, 2.05) is 55.1 Å². The predicted octanol–water partition coefficient (Wildman–Crippen LogP) is 4.56. The molecule has 4 nitrogen and oxygen atoms in total. The molecule has 2 aromatic rings. The van der Waals surface area contributed by atoms with Crippen molar-refractivity contribution in [3.05, 3.63) is 63.6 Å². The van der Waals surface area contributed by atoms with Crippen LogP contribution in [0, 0.1) is 19.8 Å². The van der Waals surface area contributed by atoms with Crippen LogP contribution < -0.4 is 5.32 Å². The molecular weight excluding hydrogens is 392 g/mol. The summed E-state index contributed by atoms with van der Waals surface area (Å²) in [5.41, 5.74) is 3.63. The van der Waals surface area contributed by atoms with Gasteiger partial charge in [-0.1, -0.05) is 39.2 Å². The van der Waals surface area contributed by atoms with Gasteiger partial charge >= 0.3 is 0 Å². The van der Waals surface area contributed by atoms with Crippen molar-refractivity contribution in [3.63, 3.8) is 0 Å². The molecule has 1 atom stereocenters. The van der Waals surface area contributed by atoms with Gasteiger partial charge in [0.25, 0.3) is 5.91 Å². The fourth-order valence-electron chi connectivity index (χ4n) is 3.47. The molecule has 0 spiro atoms. The van der Waals surface area contributed by atoms with Crippen LogP contribution >= 0.6 is 15.9 Å². The van der Waals surface area contributed by atoms with E-state index in [1.54, 1.807) is 0 Å². The molecule has 26 heavy (non-hydrogen) atoms. The minimum Gasteiger partial charge on any atom is -0.338 e. The number of likely N-dealkylation sites (tertiary alicyclic amines) is 1. The molecule has 0 radical (unpaired) electrons.